The number of aromatic nitrogens is 1. The molecule has 33 heavy (non-hydrogen) atoms. The number of pyridine rings is 1. The number of aromatic hydroxyl groups is 1. The third-order valence-electron chi connectivity index (χ3n) is 6.81. The van der Waals surface area contributed by atoms with E-state index in [1.165, 1.54) is 44.7 Å². The lowest BCUT2D eigenvalue weighted by Crippen LogP contribution is -2.48. The molecule has 0 bridgehead atoms. The van der Waals surface area contributed by atoms with Crippen LogP contribution in [0.15, 0.2) is 58.3 Å². The molecule has 7 nitrogen and oxygen atoms in total. The van der Waals surface area contributed by atoms with Crippen LogP contribution in [0.25, 0.3) is 10.8 Å². The zero-order chi connectivity index (χ0) is 22.6. The normalized spacial score (nSPS) is 18.0. The van der Waals surface area contributed by atoms with Crippen LogP contribution in [0.3, 0.4) is 0 Å². The topological polar surface area (TPSA) is 75.2 Å². The van der Waals surface area contributed by atoms with E-state index in [4.69, 9.17) is 0 Å². The molecular weight excluding hydrogens is 414 g/mol. The number of benzene rings is 2. The van der Waals surface area contributed by atoms with Crippen LogP contribution in [-0.4, -0.2) is 78.5 Å². The highest BCUT2D eigenvalue weighted by Gasteiger charge is 2.19. The Hall–Kier alpha value is -3.16. The van der Waals surface area contributed by atoms with Crippen LogP contribution in [0.2, 0.25) is 0 Å². The number of aromatic amines is 1. The first-order valence-corrected chi connectivity index (χ1v) is 11.9. The van der Waals surface area contributed by atoms with E-state index < -0.39 is 0 Å². The largest absolute Gasteiger partial charge is 0.494 e. The number of anilines is 1. The highest BCUT2D eigenvalue weighted by atomic mass is 16.3. The van der Waals surface area contributed by atoms with Crippen LogP contribution >= 0.6 is 0 Å². The first-order valence-electron chi connectivity index (χ1n) is 11.9. The van der Waals surface area contributed by atoms with Gasteiger partial charge in [0, 0.05) is 61.9 Å². The van der Waals surface area contributed by atoms with Crippen LogP contribution < -0.4 is 10.5 Å². The molecule has 0 unspecified atom stereocenters. The fourth-order valence-corrected chi connectivity index (χ4v) is 4.82. The third kappa shape index (κ3) is 4.94. The van der Waals surface area contributed by atoms with Gasteiger partial charge in [0.2, 0.25) is 5.88 Å². The van der Waals surface area contributed by atoms with Gasteiger partial charge in [0.1, 0.15) is 0 Å². The predicted octanol–water partition coefficient (Wildman–Crippen LogP) is 3.20. The molecule has 2 fully saturated rings. The van der Waals surface area contributed by atoms with Gasteiger partial charge in [0.15, 0.2) is 0 Å². The lowest BCUT2D eigenvalue weighted by atomic mass is 10.1. The number of hydrogen-bond acceptors (Lipinski definition) is 6. The molecule has 5 rings (SSSR count). The van der Waals surface area contributed by atoms with Crippen LogP contribution in [0, 0.1) is 0 Å². The molecular formula is C26H31N5O2. The Kier molecular flexibility index (Phi) is 6.41. The summed E-state index contributed by atoms with van der Waals surface area (Å²) in [5, 5.41) is 11.5. The third-order valence-corrected chi connectivity index (χ3v) is 6.81. The minimum absolute atomic E-state index is 0.165. The molecule has 2 N–H and O–H groups in total. The Morgan fingerprint density at radius 2 is 1.48 bits per heavy atom. The Labute approximate surface area is 194 Å². The zero-order valence-electron chi connectivity index (χ0n) is 18.9. The maximum atomic E-state index is 12.1. The number of nitrogens with one attached hydrogen (secondary N) is 1. The van der Waals surface area contributed by atoms with Crippen LogP contribution in [0.5, 0.6) is 5.88 Å². The van der Waals surface area contributed by atoms with E-state index in [9.17, 15) is 9.90 Å². The summed E-state index contributed by atoms with van der Waals surface area (Å²) in [5.74, 6) is -0.165. The fourth-order valence-electron chi connectivity index (χ4n) is 4.82. The summed E-state index contributed by atoms with van der Waals surface area (Å²) in [4.78, 5) is 26.7. The molecule has 2 aliphatic heterocycles. The number of hydrogen-bond donors (Lipinski definition) is 2. The van der Waals surface area contributed by atoms with Crippen molar-refractivity contribution in [2.75, 3.05) is 57.3 Å². The number of fused-ring (bicyclic) bond motifs is 1. The van der Waals surface area contributed by atoms with E-state index in [-0.39, 0.29) is 11.4 Å². The summed E-state index contributed by atoms with van der Waals surface area (Å²) in [7, 11) is 0. The zero-order valence-corrected chi connectivity index (χ0v) is 18.9. The smallest absolute Gasteiger partial charge is 0.258 e. The maximum absolute atomic E-state index is 12.1. The quantitative estimate of drug-likeness (QED) is 0.570. The van der Waals surface area contributed by atoms with Crippen molar-refractivity contribution in [1.29, 1.82) is 0 Å². The van der Waals surface area contributed by atoms with E-state index in [0.29, 0.717) is 16.3 Å². The minimum Gasteiger partial charge on any atom is -0.494 e. The lowest BCUT2D eigenvalue weighted by molar-refractivity contribution is 0.215. The monoisotopic (exact) mass is 445 g/mol. The molecule has 0 aliphatic carbocycles. The average Bonchev–Trinajstić information content (AvgIpc) is 3.37. The minimum atomic E-state index is -0.305. The highest BCUT2D eigenvalue weighted by Crippen LogP contribution is 2.24. The van der Waals surface area contributed by atoms with Crippen LogP contribution in [-0.2, 0) is 0 Å². The molecule has 7 heteroatoms. The van der Waals surface area contributed by atoms with Crippen LogP contribution in [0.1, 0.15) is 18.4 Å². The fraction of sp³-hybridized carbons (Fsp3) is 0.385. The molecule has 2 aliphatic rings. The Balaban J connectivity index is 1.21. The van der Waals surface area contributed by atoms with Gasteiger partial charge in [-0.2, -0.15) is 0 Å². The number of aliphatic imine (C=N–C) groups is 1. The Morgan fingerprint density at radius 1 is 0.848 bits per heavy atom. The van der Waals surface area contributed by atoms with Crippen molar-refractivity contribution in [3.8, 4) is 5.88 Å². The van der Waals surface area contributed by atoms with Gasteiger partial charge in [-0.15, -0.1) is 0 Å². The van der Waals surface area contributed by atoms with E-state index >= 15 is 0 Å². The van der Waals surface area contributed by atoms with Gasteiger partial charge in [-0.3, -0.25) is 19.7 Å². The van der Waals surface area contributed by atoms with Gasteiger partial charge >= 0.3 is 0 Å². The highest BCUT2D eigenvalue weighted by molar-refractivity contribution is 6.01. The molecule has 0 radical (unpaired) electrons. The summed E-state index contributed by atoms with van der Waals surface area (Å²) in [6.07, 6.45) is 4.33. The predicted molar refractivity (Wildman–Crippen MR) is 134 cm³/mol. The summed E-state index contributed by atoms with van der Waals surface area (Å²) >= 11 is 0. The molecule has 0 atom stereocenters. The van der Waals surface area contributed by atoms with E-state index in [2.05, 4.69) is 36.8 Å². The summed E-state index contributed by atoms with van der Waals surface area (Å²) in [6.45, 7) is 9.21. The van der Waals surface area contributed by atoms with Gasteiger partial charge < -0.3 is 14.9 Å². The second-order valence-corrected chi connectivity index (χ2v) is 8.91. The standard InChI is InChI=1S/C26H31N5O2/c32-25-23-6-2-1-5-22(23)24(26(33)28-25)19-27-20-7-9-21(10-8-20)31-17-15-30(16-18-31)14-13-29-11-3-4-12-29/h1-2,5-10,19H,3-4,11-18H2,(H2,28,32,33). The summed E-state index contributed by atoms with van der Waals surface area (Å²) in [6, 6.07) is 15.4. The molecule has 0 amide bonds. The SMILES string of the molecule is O=c1[nH]c(O)c(C=Nc2ccc(N3CCN(CCN4CCCC4)CC3)cc2)c2ccccc12. The van der Waals surface area contributed by atoms with Crippen molar-refractivity contribution in [2.24, 2.45) is 4.99 Å². The molecule has 1 aromatic heterocycles. The first kappa shape index (κ1) is 21.7. The van der Waals surface area contributed by atoms with Crippen molar-refractivity contribution in [3.05, 3.63) is 64.4 Å². The molecule has 0 spiro atoms. The van der Waals surface area contributed by atoms with E-state index in [1.54, 1.807) is 12.3 Å². The number of H-pyrrole nitrogens is 1. The maximum Gasteiger partial charge on any atom is 0.258 e. The van der Waals surface area contributed by atoms with E-state index in [0.717, 1.165) is 31.9 Å². The molecule has 3 heterocycles. The van der Waals surface area contributed by atoms with Crippen LogP contribution in [0.4, 0.5) is 11.4 Å². The van der Waals surface area contributed by atoms with Gasteiger partial charge in [0.25, 0.3) is 5.56 Å². The van der Waals surface area contributed by atoms with Crippen molar-refractivity contribution in [3.63, 3.8) is 0 Å². The molecule has 3 aromatic rings. The van der Waals surface area contributed by atoms with Crippen molar-refractivity contribution < 1.29 is 5.11 Å². The van der Waals surface area contributed by atoms with Crippen molar-refractivity contribution in [1.82, 2.24) is 14.8 Å². The van der Waals surface area contributed by atoms with Crippen molar-refractivity contribution >= 4 is 28.4 Å². The number of rotatable bonds is 6. The number of piperazine rings is 1. The van der Waals surface area contributed by atoms with E-state index in [1.807, 2.05) is 30.3 Å². The number of nitrogens with zero attached hydrogens (tertiary/aromatic N) is 4. The number of likely N-dealkylation sites (tertiary alicyclic amines) is 1. The average molecular weight is 446 g/mol. The van der Waals surface area contributed by atoms with Crippen molar-refractivity contribution in [2.45, 2.75) is 12.8 Å². The molecule has 2 aromatic carbocycles. The summed E-state index contributed by atoms with van der Waals surface area (Å²) in [5.41, 5.74) is 2.23. The first-order chi connectivity index (χ1) is 16.2. The van der Waals surface area contributed by atoms with Gasteiger partial charge in [-0.05, 0) is 56.3 Å². The second-order valence-electron chi connectivity index (χ2n) is 8.91. The Morgan fingerprint density at radius 3 is 2.18 bits per heavy atom. The second kappa shape index (κ2) is 9.77. The Bertz CT molecular complexity index is 1170. The molecule has 2 saturated heterocycles. The lowest BCUT2D eigenvalue weighted by Gasteiger charge is -2.36. The molecule has 0 saturated carbocycles. The van der Waals surface area contributed by atoms with Gasteiger partial charge in [-0.25, -0.2) is 0 Å². The molecule has 172 valence electrons. The summed E-state index contributed by atoms with van der Waals surface area (Å²) < 4.78 is 0. The van der Waals surface area contributed by atoms with Gasteiger partial charge in [0.05, 0.1) is 11.3 Å². The van der Waals surface area contributed by atoms with Gasteiger partial charge in [-0.1, -0.05) is 18.2 Å².